The first-order valence-corrected chi connectivity index (χ1v) is 5.95. The third-order valence-electron chi connectivity index (χ3n) is 3.32. The summed E-state index contributed by atoms with van der Waals surface area (Å²) in [5.74, 6) is 0.621. The Kier molecular flexibility index (Phi) is 3.11. The molecule has 1 heteroatoms. The molecule has 1 nitrogen and oxygen atoms in total. The van der Waals surface area contributed by atoms with Gasteiger partial charge >= 0.3 is 0 Å². The molecule has 1 aliphatic rings. The van der Waals surface area contributed by atoms with E-state index >= 15 is 0 Å². The monoisotopic (exact) mass is 204 g/mol. The number of hydrogen-bond donors (Lipinski definition) is 0. The average Bonchev–Trinajstić information content (AvgIpc) is 2.93. The fraction of sp³-hybridized carbons (Fsp3) is 0.571. The fourth-order valence-corrected chi connectivity index (χ4v) is 2.11. The van der Waals surface area contributed by atoms with Crippen LogP contribution in [0.4, 0.5) is 0 Å². The molecule has 1 aromatic rings. The molecule has 0 spiro atoms. The van der Waals surface area contributed by atoms with E-state index < -0.39 is 0 Å². The van der Waals surface area contributed by atoms with Crippen LogP contribution in [0.2, 0.25) is 0 Å². The minimum Gasteiger partial charge on any atom is -0.375 e. The fourth-order valence-electron chi connectivity index (χ4n) is 2.11. The van der Waals surface area contributed by atoms with Crippen molar-refractivity contribution in [2.75, 3.05) is 6.61 Å². The molecule has 0 aliphatic heterocycles. The van der Waals surface area contributed by atoms with Crippen LogP contribution in [0.15, 0.2) is 30.3 Å². The van der Waals surface area contributed by atoms with Crippen LogP contribution in [0.1, 0.15) is 44.6 Å². The molecule has 0 aromatic heterocycles. The van der Waals surface area contributed by atoms with Crippen molar-refractivity contribution in [3.05, 3.63) is 35.9 Å². The van der Waals surface area contributed by atoms with Gasteiger partial charge in [-0.05, 0) is 25.3 Å². The lowest BCUT2D eigenvalue weighted by atomic mass is 10.1. The standard InChI is InChI=1S/C14H20O/c1-3-4-10-15-14(2)11-13(14)12-8-6-5-7-9-12/h5-9,13H,3-4,10-11H2,1-2H3/t13-,14+/m1/s1. The molecular formula is C14H20O. The first-order valence-electron chi connectivity index (χ1n) is 5.95. The maximum atomic E-state index is 5.95. The predicted octanol–water partition coefficient (Wildman–Crippen LogP) is 3.75. The van der Waals surface area contributed by atoms with Gasteiger partial charge in [-0.2, -0.15) is 0 Å². The molecule has 0 radical (unpaired) electrons. The maximum absolute atomic E-state index is 5.95. The molecule has 1 aliphatic carbocycles. The molecule has 0 unspecified atom stereocenters. The summed E-state index contributed by atoms with van der Waals surface area (Å²) < 4.78 is 5.95. The largest absolute Gasteiger partial charge is 0.375 e. The van der Waals surface area contributed by atoms with Crippen molar-refractivity contribution in [2.24, 2.45) is 0 Å². The van der Waals surface area contributed by atoms with Gasteiger partial charge in [0.2, 0.25) is 0 Å². The summed E-state index contributed by atoms with van der Waals surface area (Å²) in [6, 6.07) is 10.7. The third-order valence-corrected chi connectivity index (χ3v) is 3.32. The molecule has 1 saturated carbocycles. The van der Waals surface area contributed by atoms with Gasteiger partial charge in [0, 0.05) is 12.5 Å². The highest BCUT2D eigenvalue weighted by Crippen LogP contribution is 2.53. The summed E-state index contributed by atoms with van der Waals surface area (Å²) in [5, 5.41) is 0. The molecule has 0 bridgehead atoms. The Balaban J connectivity index is 1.89. The van der Waals surface area contributed by atoms with Gasteiger partial charge in [0.15, 0.2) is 0 Å². The molecule has 0 saturated heterocycles. The van der Waals surface area contributed by atoms with Crippen LogP contribution >= 0.6 is 0 Å². The lowest BCUT2D eigenvalue weighted by Gasteiger charge is -2.12. The van der Waals surface area contributed by atoms with E-state index in [1.807, 2.05) is 0 Å². The Morgan fingerprint density at radius 2 is 2.07 bits per heavy atom. The molecule has 1 aromatic carbocycles. The molecule has 2 atom stereocenters. The average molecular weight is 204 g/mol. The van der Waals surface area contributed by atoms with Gasteiger partial charge in [-0.15, -0.1) is 0 Å². The minimum absolute atomic E-state index is 0.122. The Hall–Kier alpha value is -0.820. The first kappa shape index (κ1) is 10.7. The minimum atomic E-state index is 0.122. The summed E-state index contributed by atoms with van der Waals surface area (Å²) in [7, 11) is 0. The van der Waals surface area contributed by atoms with Crippen LogP contribution in [0.3, 0.4) is 0 Å². The SMILES string of the molecule is CCCCO[C@@]1(C)C[C@@H]1c1ccccc1. The van der Waals surface area contributed by atoms with Crippen LogP contribution in [0.5, 0.6) is 0 Å². The predicted molar refractivity (Wildman–Crippen MR) is 63.1 cm³/mol. The van der Waals surface area contributed by atoms with Crippen LogP contribution in [-0.4, -0.2) is 12.2 Å². The maximum Gasteiger partial charge on any atom is 0.0730 e. The summed E-state index contributed by atoms with van der Waals surface area (Å²) in [6.07, 6.45) is 3.57. The lowest BCUT2D eigenvalue weighted by molar-refractivity contribution is 0.0398. The summed E-state index contributed by atoms with van der Waals surface area (Å²) in [6.45, 7) is 5.35. The molecular weight excluding hydrogens is 184 g/mol. The number of benzene rings is 1. The Bertz CT molecular complexity index is 306. The van der Waals surface area contributed by atoms with E-state index in [2.05, 4.69) is 44.2 Å². The zero-order chi connectivity index (χ0) is 10.7. The Morgan fingerprint density at radius 1 is 1.33 bits per heavy atom. The van der Waals surface area contributed by atoms with Crippen molar-refractivity contribution in [3.63, 3.8) is 0 Å². The molecule has 0 heterocycles. The van der Waals surface area contributed by atoms with E-state index in [1.54, 1.807) is 0 Å². The van der Waals surface area contributed by atoms with E-state index in [9.17, 15) is 0 Å². The van der Waals surface area contributed by atoms with E-state index in [4.69, 9.17) is 4.74 Å². The number of unbranched alkanes of at least 4 members (excludes halogenated alkanes) is 1. The van der Waals surface area contributed by atoms with Gasteiger partial charge in [-0.1, -0.05) is 43.7 Å². The summed E-state index contributed by atoms with van der Waals surface area (Å²) in [5.41, 5.74) is 1.55. The van der Waals surface area contributed by atoms with E-state index in [-0.39, 0.29) is 5.60 Å². The van der Waals surface area contributed by atoms with Crippen molar-refractivity contribution in [3.8, 4) is 0 Å². The van der Waals surface area contributed by atoms with Gasteiger partial charge < -0.3 is 4.74 Å². The van der Waals surface area contributed by atoms with Crippen LogP contribution in [0, 0.1) is 0 Å². The highest BCUT2D eigenvalue weighted by molar-refractivity contribution is 5.30. The number of rotatable bonds is 5. The first-order chi connectivity index (χ1) is 7.26. The Labute approximate surface area is 92.5 Å². The smallest absolute Gasteiger partial charge is 0.0730 e. The lowest BCUT2D eigenvalue weighted by Crippen LogP contribution is -2.12. The topological polar surface area (TPSA) is 9.23 Å². The van der Waals surface area contributed by atoms with E-state index in [0.717, 1.165) is 6.61 Å². The van der Waals surface area contributed by atoms with Crippen LogP contribution in [0.25, 0.3) is 0 Å². The van der Waals surface area contributed by atoms with Crippen LogP contribution < -0.4 is 0 Å². The second-order valence-electron chi connectivity index (χ2n) is 4.68. The molecule has 15 heavy (non-hydrogen) atoms. The van der Waals surface area contributed by atoms with E-state index in [1.165, 1.54) is 24.8 Å². The van der Waals surface area contributed by atoms with Crippen molar-refractivity contribution in [2.45, 2.75) is 44.6 Å². The second-order valence-corrected chi connectivity index (χ2v) is 4.68. The highest BCUT2D eigenvalue weighted by Gasteiger charge is 2.51. The summed E-state index contributed by atoms with van der Waals surface area (Å²) in [4.78, 5) is 0. The van der Waals surface area contributed by atoms with Crippen molar-refractivity contribution >= 4 is 0 Å². The zero-order valence-electron chi connectivity index (χ0n) is 9.70. The van der Waals surface area contributed by atoms with Crippen molar-refractivity contribution < 1.29 is 4.74 Å². The molecule has 0 N–H and O–H groups in total. The van der Waals surface area contributed by atoms with Crippen molar-refractivity contribution in [1.29, 1.82) is 0 Å². The van der Waals surface area contributed by atoms with Gasteiger partial charge in [-0.3, -0.25) is 0 Å². The van der Waals surface area contributed by atoms with Crippen LogP contribution in [-0.2, 0) is 4.74 Å². The van der Waals surface area contributed by atoms with Gasteiger partial charge in [0.25, 0.3) is 0 Å². The third kappa shape index (κ3) is 2.40. The van der Waals surface area contributed by atoms with Gasteiger partial charge in [0.05, 0.1) is 5.60 Å². The summed E-state index contributed by atoms with van der Waals surface area (Å²) >= 11 is 0. The zero-order valence-corrected chi connectivity index (χ0v) is 9.70. The molecule has 82 valence electrons. The molecule has 0 amide bonds. The highest BCUT2D eigenvalue weighted by atomic mass is 16.5. The van der Waals surface area contributed by atoms with E-state index in [0.29, 0.717) is 5.92 Å². The van der Waals surface area contributed by atoms with Crippen molar-refractivity contribution in [1.82, 2.24) is 0 Å². The molecule has 2 rings (SSSR count). The van der Waals surface area contributed by atoms with Gasteiger partial charge in [0.1, 0.15) is 0 Å². The number of hydrogen-bond acceptors (Lipinski definition) is 1. The van der Waals surface area contributed by atoms with Gasteiger partial charge in [-0.25, -0.2) is 0 Å². The quantitative estimate of drug-likeness (QED) is 0.664. The molecule has 1 fully saturated rings. The second kappa shape index (κ2) is 4.36. The Morgan fingerprint density at radius 3 is 2.73 bits per heavy atom. The normalized spacial score (nSPS) is 29.1. The number of ether oxygens (including phenoxy) is 1.